The molecule has 0 atom stereocenters. The number of hydrogen-bond donors (Lipinski definition) is 2. The minimum Gasteiger partial charge on any atom is -0.354 e. The Balaban J connectivity index is 1.77. The number of hydrogen-bond acceptors (Lipinski definition) is 4. The van der Waals surface area contributed by atoms with Gasteiger partial charge in [0.15, 0.2) is 0 Å². The maximum atomic E-state index is 12.3. The Bertz CT molecular complexity index is 721. The van der Waals surface area contributed by atoms with Gasteiger partial charge in [-0.25, -0.2) is 5.01 Å². The molecule has 1 aromatic rings. The molecule has 2 amide bonds. The molecule has 1 aliphatic rings. The van der Waals surface area contributed by atoms with Crippen molar-refractivity contribution < 1.29 is 9.59 Å². The summed E-state index contributed by atoms with van der Waals surface area (Å²) >= 11 is 5.94. The smallest absolute Gasteiger partial charge is 0.245 e. The van der Waals surface area contributed by atoms with Gasteiger partial charge in [-0.2, -0.15) is 0 Å². The molecule has 1 aromatic carbocycles. The summed E-state index contributed by atoms with van der Waals surface area (Å²) in [5, 5.41) is 4.97. The largest absolute Gasteiger partial charge is 0.354 e. The second-order valence-corrected chi connectivity index (χ2v) is 9.11. The highest BCUT2D eigenvalue weighted by molar-refractivity contribution is 6.30. The average Bonchev–Trinajstić information content (AvgIpc) is 2.66. The molecule has 0 bridgehead atoms. The summed E-state index contributed by atoms with van der Waals surface area (Å²) in [6, 6.07) is 7.37. The number of nitrogens with zero attached hydrogens (tertiary/aromatic N) is 2. The first kappa shape index (κ1) is 24.2. The molecule has 166 valence electrons. The van der Waals surface area contributed by atoms with E-state index in [9.17, 15) is 9.59 Å². The quantitative estimate of drug-likeness (QED) is 0.523. The summed E-state index contributed by atoms with van der Waals surface area (Å²) in [5.74, 6) is 0.963. The van der Waals surface area contributed by atoms with Crippen LogP contribution < -0.4 is 10.7 Å². The van der Waals surface area contributed by atoms with Gasteiger partial charge in [-0.15, -0.1) is 0 Å². The van der Waals surface area contributed by atoms with Gasteiger partial charge >= 0.3 is 0 Å². The fraction of sp³-hybridized carbons (Fsp3) is 0.565. The zero-order valence-corrected chi connectivity index (χ0v) is 19.3. The van der Waals surface area contributed by atoms with Crippen molar-refractivity contribution in [3.8, 4) is 0 Å². The minimum atomic E-state index is -0.160. The highest BCUT2D eigenvalue weighted by atomic mass is 35.5. The van der Waals surface area contributed by atoms with Crippen LogP contribution in [0, 0.1) is 11.8 Å². The number of benzene rings is 1. The van der Waals surface area contributed by atoms with E-state index < -0.39 is 0 Å². The van der Waals surface area contributed by atoms with Crippen LogP contribution in [0.25, 0.3) is 5.70 Å². The Hall–Kier alpha value is -2.05. The fourth-order valence-electron chi connectivity index (χ4n) is 3.51. The molecule has 6 nitrogen and oxygen atoms in total. The second kappa shape index (κ2) is 12.0. The van der Waals surface area contributed by atoms with Gasteiger partial charge < -0.3 is 10.2 Å². The van der Waals surface area contributed by atoms with E-state index in [0.29, 0.717) is 23.4 Å². The molecule has 2 rings (SSSR count). The Morgan fingerprint density at radius 3 is 2.40 bits per heavy atom. The van der Waals surface area contributed by atoms with Gasteiger partial charge in [0, 0.05) is 31.1 Å². The van der Waals surface area contributed by atoms with E-state index in [4.69, 9.17) is 11.6 Å². The molecule has 0 aliphatic carbocycles. The van der Waals surface area contributed by atoms with Crippen LogP contribution in [0.3, 0.4) is 0 Å². The van der Waals surface area contributed by atoms with Crippen molar-refractivity contribution in [3.63, 3.8) is 0 Å². The third-order valence-electron chi connectivity index (χ3n) is 4.71. The van der Waals surface area contributed by atoms with Crippen molar-refractivity contribution in [1.29, 1.82) is 0 Å². The second-order valence-electron chi connectivity index (χ2n) is 8.67. The average molecular weight is 435 g/mol. The maximum absolute atomic E-state index is 12.3. The number of hydrazine groups is 1. The van der Waals surface area contributed by atoms with Crippen molar-refractivity contribution in [3.05, 3.63) is 40.9 Å². The summed E-state index contributed by atoms with van der Waals surface area (Å²) in [6.45, 7) is 12.6. The third kappa shape index (κ3) is 8.36. The number of amides is 2. The maximum Gasteiger partial charge on any atom is 0.245 e. The lowest BCUT2D eigenvalue weighted by Gasteiger charge is -2.29. The molecule has 0 aromatic heterocycles. The predicted octanol–water partition coefficient (Wildman–Crippen LogP) is 3.54. The first-order chi connectivity index (χ1) is 14.2. The first-order valence-corrected chi connectivity index (χ1v) is 11.1. The number of nitrogens with one attached hydrogen (secondary N) is 2. The number of halogens is 1. The molecule has 1 aliphatic heterocycles. The van der Waals surface area contributed by atoms with Gasteiger partial charge in [0.25, 0.3) is 0 Å². The number of carbonyl (C=O) groups is 2. The van der Waals surface area contributed by atoms with E-state index >= 15 is 0 Å². The van der Waals surface area contributed by atoms with Crippen molar-refractivity contribution in [1.82, 2.24) is 20.7 Å². The summed E-state index contributed by atoms with van der Waals surface area (Å²) < 4.78 is 0. The molecule has 0 saturated heterocycles. The first-order valence-electron chi connectivity index (χ1n) is 10.8. The summed E-state index contributed by atoms with van der Waals surface area (Å²) in [5.41, 5.74) is 4.78. The molecule has 7 heteroatoms. The van der Waals surface area contributed by atoms with E-state index in [1.54, 1.807) is 12.1 Å². The molecule has 0 unspecified atom stereocenters. The van der Waals surface area contributed by atoms with Crippen LogP contribution >= 0.6 is 11.6 Å². The lowest BCUT2D eigenvalue weighted by molar-refractivity contribution is -0.137. The Morgan fingerprint density at radius 1 is 1.17 bits per heavy atom. The van der Waals surface area contributed by atoms with Crippen molar-refractivity contribution >= 4 is 29.1 Å². The van der Waals surface area contributed by atoms with E-state index in [1.165, 1.54) is 5.01 Å². The molecule has 2 N–H and O–H groups in total. The molecule has 1 heterocycles. The molecule has 0 radical (unpaired) electrons. The molecule has 0 fully saturated rings. The van der Waals surface area contributed by atoms with Crippen molar-refractivity contribution in [2.24, 2.45) is 11.8 Å². The lowest BCUT2D eigenvalue weighted by atomic mass is 10.1. The van der Waals surface area contributed by atoms with Gasteiger partial charge in [0.2, 0.25) is 11.8 Å². The third-order valence-corrected chi connectivity index (χ3v) is 4.97. The Morgan fingerprint density at radius 2 is 1.80 bits per heavy atom. The van der Waals surface area contributed by atoms with E-state index in [1.807, 2.05) is 18.2 Å². The highest BCUT2D eigenvalue weighted by Gasteiger charge is 2.22. The van der Waals surface area contributed by atoms with Crippen molar-refractivity contribution in [2.75, 3.05) is 32.7 Å². The Kier molecular flexibility index (Phi) is 9.66. The molecule has 0 saturated carbocycles. The van der Waals surface area contributed by atoms with Gasteiger partial charge in [-0.3, -0.25) is 15.0 Å². The molecule has 30 heavy (non-hydrogen) atoms. The zero-order valence-electron chi connectivity index (χ0n) is 18.6. The summed E-state index contributed by atoms with van der Waals surface area (Å²) in [4.78, 5) is 27.0. The van der Waals surface area contributed by atoms with Gasteiger partial charge in [0.1, 0.15) is 6.54 Å². The van der Waals surface area contributed by atoms with Gasteiger partial charge in [-0.05, 0) is 48.6 Å². The van der Waals surface area contributed by atoms with Crippen LogP contribution in [-0.2, 0) is 9.59 Å². The SMILES string of the molecule is CC(C)CN(CCCNC(=O)CN1NC(c2ccc(Cl)cc2)=CCC1=O)CC(C)C. The zero-order chi connectivity index (χ0) is 22.1. The molecular weight excluding hydrogens is 400 g/mol. The van der Waals surface area contributed by atoms with Gasteiger partial charge in [-0.1, -0.05) is 51.4 Å². The van der Waals surface area contributed by atoms with E-state index in [2.05, 4.69) is 43.3 Å². The van der Waals surface area contributed by atoms with Crippen LogP contribution in [-0.4, -0.2) is 54.4 Å². The lowest BCUT2D eigenvalue weighted by Crippen LogP contribution is -2.49. The van der Waals surface area contributed by atoms with E-state index in [0.717, 1.165) is 37.3 Å². The standard InChI is InChI=1S/C23H35ClN4O2/c1-17(2)14-27(15-18(3)4)13-5-12-25-22(29)16-28-23(30)11-10-21(26-28)19-6-8-20(24)9-7-19/h6-10,17-18,26H,5,11-16H2,1-4H3,(H,25,29). The van der Waals surface area contributed by atoms with Crippen LogP contribution in [0.5, 0.6) is 0 Å². The Labute approximate surface area is 185 Å². The topological polar surface area (TPSA) is 64.7 Å². The highest BCUT2D eigenvalue weighted by Crippen LogP contribution is 2.19. The van der Waals surface area contributed by atoms with Crippen LogP contribution in [0.2, 0.25) is 5.02 Å². The predicted molar refractivity (Wildman–Crippen MR) is 123 cm³/mol. The summed E-state index contributed by atoms with van der Waals surface area (Å²) in [6.07, 6.45) is 2.98. The van der Waals surface area contributed by atoms with Crippen LogP contribution in [0.4, 0.5) is 0 Å². The van der Waals surface area contributed by atoms with Gasteiger partial charge in [0.05, 0.1) is 5.70 Å². The molecular formula is C23H35ClN4O2. The fourth-order valence-corrected chi connectivity index (χ4v) is 3.64. The van der Waals surface area contributed by atoms with Crippen LogP contribution in [0.15, 0.2) is 30.3 Å². The number of rotatable bonds is 11. The van der Waals surface area contributed by atoms with E-state index in [-0.39, 0.29) is 24.8 Å². The number of carbonyl (C=O) groups excluding carboxylic acids is 2. The summed E-state index contributed by atoms with van der Waals surface area (Å²) in [7, 11) is 0. The van der Waals surface area contributed by atoms with Crippen molar-refractivity contribution in [2.45, 2.75) is 40.5 Å². The van der Waals surface area contributed by atoms with Crippen LogP contribution in [0.1, 0.15) is 46.1 Å². The molecule has 0 spiro atoms. The monoisotopic (exact) mass is 434 g/mol. The minimum absolute atomic E-state index is 0.00847. The normalized spacial score (nSPS) is 14.3.